The average molecular weight is 367 g/mol. The van der Waals surface area contributed by atoms with Crippen LogP contribution in [0.25, 0.3) is 11.1 Å². The van der Waals surface area contributed by atoms with E-state index in [2.05, 4.69) is 34.6 Å². The topological polar surface area (TPSA) is 46.9 Å². The Balaban J connectivity index is 1.42. The van der Waals surface area contributed by atoms with Crippen LogP contribution >= 0.6 is 0 Å². The van der Waals surface area contributed by atoms with Crippen molar-refractivity contribution < 1.29 is 4.79 Å². The maximum atomic E-state index is 12.8. The first kappa shape index (κ1) is 17.7. The van der Waals surface area contributed by atoms with Crippen LogP contribution in [0, 0.1) is 0 Å². The minimum absolute atomic E-state index is 0.0676. The number of carbonyl (C=O) groups is 1. The van der Waals surface area contributed by atoms with Gasteiger partial charge in [-0.15, -0.1) is 0 Å². The van der Waals surface area contributed by atoms with Crippen LogP contribution in [0.2, 0.25) is 0 Å². The standard InChI is InChI=1S/C24H21N3O/c28-24(23-9-5-4-8-22(23)21-6-2-1-3-7-21)26-16-19-10-12-20(13-11-19)17-27-15-14-25-18-27/h1-15,18H,16-17H2,(H,26,28). The van der Waals surface area contributed by atoms with Gasteiger partial charge in [0, 0.05) is 31.0 Å². The number of aromatic nitrogens is 2. The Kier molecular flexibility index (Phi) is 5.29. The van der Waals surface area contributed by atoms with Gasteiger partial charge in [-0.1, -0.05) is 72.8 Å². The van der Waals surface area contributed by atoms with E-state index in [1.54, 1.807) is 12.5 Å². The largest absolute Gasteiger partial charge is 0.348 e. The Labute approximate surface area is 164 Å². The van der Waals surface area contributed by atoms with Crippen molar-refractivity contribution in [2.24, 2.45) is 0 Å². The average Bonchev–Trinajstić information content (AvgIpc) is 3.27. The van der Waals surface area contributed by atoms with Crippen molar-refractivity contribution in [3.05, 3.63) is 114 Å². The lowest BCUT2D eigenvalue weighted by atomic mass is 9.99. The van der Waals surface area contributed by atoms with Gasteiger partial charge in [-0.3, -0.25) is 4.79 Å². The van der Waals surface area contributed by atoms with Crippen molar-refractivity contribution in [1.82, 2.24) is 14.9 Å². The summed E-state index contributed by atoms with van der Waals surface area (Å²) >= 11 is 0. The lowest BCUT2D eigenvalue weighted by Crippen LogP contribution is -2.23. The molecule has 0 unspecified atom stereocenters. The third-order valence-corrected chi connectivity index (χ3v) is 4.66. The quantitative estimate of drug-likeness (QED) is 0.544. The van der Waals surface area contributed by atoms with Crippen LogP contribution in [-0.4, -0.2) is 15.5 Å². The Morgan fingerprint density at radius 2 is 1.57 bits per heavy atom. The molecule has 1 N–H and O–H groups in total. The normalized spacial score (nSPS) is 10.6. The molecule has 3 aromatic carbocycles. The fraction of sp³-hybridized carbons (Fsp3) is 0.0833. The van der Waals surface area contributed by atoms with Crippen molar-refractivity contribution in [1.29, 1.82) is 0 Å². The van der Waals surface area contributed by atoms with Crippen molar-refractivity contribution in [3.63, 3.8) is 0 Å². The predicted octanol–water partition coefficient (Wildman–Crippen LogP) is 4.53. The fourth-order valence-corrected chi connectivity index (χ4v) is 3.18. The maximum absolute atomic E-state index is 12.8. The van der Waals surface area contributed by atoms with Crippen molar-refractivity contribution >= 4 is 5.91 Å². The van der Waals surface area contributed by atoms with Gasteiger partial charge in [-0.2, -0.15) is 0 Å². The molecule has 0 aliphatic rings. The van der Waals surface area contributed by atoms with Crippen LogP contribution in [0.1, 0.15) is 21.5 Å². The summed E-state index contributed by atoms with van der Waals surface area (Å²) in [5.41, 5.74) is 4.93. The van der Waals surface area contributed by atoms with E-state index in [1.807, 2.05) is 65.4 Å². The molecule has 0 saturated carbocycles. The summed E-state index contributed by atoms with van der Waals surface area (Å²) in [7, 11) is 0. The fourth-order valence-electron chi connectivity index (χ4n) is 3.18. The maximum Gasteiger partial charge on any atom is 0.252 e. The number of hydrogen-bond acceptors (Lipinski definition) is 2. The Bertz CT molecular complexity index is 1040. The molecule has 0 aliphatic heterocycles. The van der Waals surface area contributed by atoms with Crippen molar-refractivity contribution in [3.8, 4) is 11.1 Å². The van der Waals surface area contributed by atoms with Gasteiger partial charge < -0.3 is 9.88 Å². The van der Waals surface area contributed by atoms with Crippen LogP contribution < -0.4 is 5.32 Å². The summed E-state index contributed by atoms with van der Waals surface area (Å²) in [5.74, 6) is -0.0676. The molecule has 0 spiro atoms. The number of nitrogens with zero attached hydrogens (tertiary/aromatic N) is 2. The van der Waals surface area contributed by atoms with E-state index in [-0.39, 0.29) is 5.91 Å². The summed E-state index contributed by atoms with van der Waals surface area (Å²) in [5, 5.41) is 3.04. The second-order valence-corrected chi connectivity index (χ2v) is 6.65. The SMILES string of the molecule is O=C(NCc1ccc(Cn2ccnc2)cc1)c1ccccc1-c1ccccc1. The smallest absolute Gasteiger partial charge is 0.252 e. The molecular weight excluding hydrogens is 346 g/mol. The monoisotopic (exact) mass is 367 g/mol. The molecule has 0 atom stereocenters. The van der Waals surface area contributed by atoms with Crippen LogP contribution in [-0.2, 0) is 13.1 Å². The zero-order valence-corrected chi connectivity index (χ0v) is 15.5. The molecule has 1 amide bonds. The van der Waals surface area contributed by atoms with Crippen LogP contribution in [0.3, 0.4) is 0 Å². The lowest BCUT2D eigenvalue weighted by Gasteiger charge is -2.11. The molecule has 4 rings (SSSR count). The predicted molar refractivity (Wildman–Crippen MR) is 111 cm³/mol. The van der Waals surface area contributed by atoms with Crippen molar-refractivity contribution in [2.75, 3.05) is 0 Å². The first-order chi connectivity index (χ1) is 13.8. The highest BCUT2D eigenvalue weighted by atomic mass is 16.1. The zero-order valence-electron chi connectivity index (χ0n) is 15.5. The van der Waals surface area contributed by atoms with Gasteiger partial charge in [0.25, 0.3) is 5.91 Å². The van der Waals surface area contributed by atoms with E-state index in [4.69, 9.17) is 0 Å². The molecule has 1 aromatic heterocycles. The van der Waals surface area contributed by atoms with Gasteiger partial charge in [-0.05, 0) is 28.3 Å². The number of nitrogens with one attached hydrogen (secondary N) is 1. The van der Waals surface area contributed by atoms with Gasteiger partial charge in [0.15, 0.2) is 0 Å². The van der Waals surface area contributed by atoms with Gasteiger partial charge in [-0.25, -0.2) is 4.98 Å². The van der Waals surface area contributed by atoms with E-state index in [0.717, 1.165) is 23.2 Å². The summed E-state index contributed by atoms with van der Waals surface area (Å²) in [4.78, 5) is 16.8. The van der Waals surface area contributed by atoms with Gasteiger partial charge in [0.1, 0.15) is 0 Å². The number of carbonyl (C=O) groups excluding carboxylic acids is 1. The van der Waals surface area contributed by atoms with Gasteiger partial charge >= 0.3 is 0 Å². The van der Waals surface area contributed by atoms with Gasteiger partial charge in [0.05, 0.1) is 6.33 Å². The third-order valence-electron chi connectivity index (χ3n) is 4.66. The lowest BCUT2D eigenvalue weighted by molar-refractivity contribution is 0.0951. The van der Waals surface area contributed by atoms with Crippen LogP contribution in [0.4, 0.5) is 0 Å². The molecule has 0 saturated heterocycles. The van der Waals surface area contributed by atoms with Gasteiger partial charge in [0.2, 0.25) is 0 Å². The number of benzene rings is 3. The summed E-state index contributed by atoms with van der Waals surface area (Å²) in [6.45, 7) is 1.28. The summed E-state index contributed by atoms with van der Waals surface area (Å²) < 4.78 is 2.03. The molecule has 4 aromatic rings. The molecule has 0 bridgehead atoms. The van der Waals surface area contributed by atoms with Crippen molar-refractivity contribution in [2.45, 2.75) is 13.1 Å². The first-order valence-corrected chi connectivity index (χ1v) is 9.26. The van der Waals surface area contributed by atoms with E-state index in [0.29, 0.717) is 12.1 Å². The van der Waals surface area contributed by atoms with E-state index in [9.17, 15) is 4.79 Å². The second-order valence-electron chi connectivity index (χ2n) is 6.65. The van der Waals surface area contributed by atoms with E-state index in [1.165, 1.54) is 5.56 Å². The summed E-state index contributed by atoms with van der Waals surface area (Å²) in [6.07, 6.45) is 5.52. The molecular formula is C24H21N3O. The molecule has 138 valence electrons. The third kappa shape index (κ3) is 4.18. The molecule has 4 heteroatoms. The highest BCUT2D eigenvalue weighted by Crippen LogP contribution is 2.23. The van der Waals surface area contributed by atoms with Crippen LogP contribution in [0.5, 0.6) is 0 Å². The minimum Gasteiger partial charge on any atom is -0.348 e. The Morgan fingerprint density at radius 1 is 0.857 bits per heavy atom. The molecule has 0 aliphatic carbocycles. The highest BCUT2D eigenvalue weighted by molar-refractivity contribution is 6.00. The Hall–Kier alpha value is -3.66. The van der Waals surface area contributed by atoms with Crippen LogP contribution in [0.15, 0.2) is 97.6 Å². The minimum atomic E-state index is -0.0676. The molecule has 1 heterocycles. The number of hydrogen-bond donors (Lipinski definition) is 1. The molecule has 4 nitrogen and oxygen atoms in total. The number of imidazole rings is 1. The first-order valence-electron chi connectivity index (χ1n) is 9.26. The number of rotatable bonds is 6. The summed E-state index contributed by atoms with van der Waals surface area (Å²) in [6, 6.07) is 25.9. The second kappa shape index (κ2) is 8.35. The Morgan fingerprint density at radius 3 is 2.32 bits per heavy atom. The molecule has 28 heavy (non-hydrogen) atoms. The zero-order chi connectivity index (χ0) is 19.2. The molecule has 0 fully saturated rings. The van der Waals surface area contributed by atoms with E-state index < -0.39 is 0 Å². The highest BCUT2D eigenvalue weighted by Gasteiger charge is 2.11. The number of amides is 1. The van der Waals surface area contributed by atoms with E-state index >= 15 is 0 Å². The molecule has 0 radical (unpaired) electrons.